The number of benzene rings is 2. The number of hydrogen-bond acceptors (Lipinski definition) is 5. The predicted molar refractivity (Wildman–Crippen MR) is 126 cm³/mol. The van der Waals surface area contributed by atoms with Gasteiger partial charge in [-0.15, -0.1) is 0 Å². The number of furan rings is 1. The number of aryl methyl sites for hydroxylation is 1. The van der Waals surface area contributed by atoms with E-state index in [0.29, 0.717) is 35.3 Å². The molecule has 0 bridgehead atoms. The lowest BCUT2D eigenvalue weighted by Crippen LogP contribution is -2.49. The standard InChI is InChI=1S/C25H28N2O4S/c1-18-5-4-6-23(19(18)2)26-13-15-27(16-14-26)25(28)24-12-9-21(31-24)17-32(29)22-10-7-20(30-3)8-11-22/h4-12H,13-17H2,1-3H3/t32-/m0/s1. The van der Waals surface area contributed by atoms with Crippen molar-refractivity contribution in [3.8, 4) is 5.75 Å². The van der Waals surface area contributed by atoms with Crippen LogP contribution in [0.1, 0.15) is 27.4 Å². The molecule has 1 amide bonds. The van der Waals surface area contributed by atoms with Crippen LogP contribution in [0.2, 0.25) is 0 Å². The zero-order valence-corrected chi connectivity index (χ0v) is 19.5. The first kappa shape index (κ1) is 22.1. The summed E-state index contributed by atoms with van der Waals surface area (Å²) < 4.78 is 23.5. The molecule has 1 saturated heterocycles. The van der Waals surface area contributed by atoms with Crippen molar-refractivity contribution in [1.82, 2.24) is 4.90 Å². The SMILES string of the molecule is COc1ccc([S@@](=O)Cc2ccc(C(=O)N3CCN(c4cccc(C)c4C)CC3)o2)cc1. The molecule has 7 heteroatoms. The highest BCUT2D eigenvalue weighted by molar-refractivity contribution is 7.84. The number of nitrogens with zero attached hydrogens (tertiary/aromatic N) is 2. The molecule has 32 heavy (non-hydrogen) atoms. The van der Waals surface area contributed by atoms with Gasteiger partial charge in [-0.1, -0.05) is 12.1 Å². The molecule has 0 unspecified atom stereocenters. The molecule has 2 heterocycles. The number of anilines is 1. The third-order valence-electron chi connectivity index (χ3n) is 5.95. The Morgan fingerprint density at radius 2 is 1.72 bits per heavy atom. The van der Waals surface area contributed by atoms with Crippen molar-refractivity contribution in [2.45, 2.75) is 24.5 Å². The van der Waals surface area contributed by atoms with Gasteiger partial charge in [0.1, 0.15) is 11.5 Å². The molecular weight excluding hydrogens is 424 g/mol. The maximum atomic E-state index is 12.9. The number of amides is 1. The molecular formula is C25H28N2O4S. The van der Waals surface area contributed by atoms with Crippen molar-refractivity contribution >= 4 is 22.4 Å². The van der Waals surface area contributed by atoms with E-state index in [9.17, 15) is 9.00 Å². The number of methoxy groups -OCH3 is 1. The molecule has 0 saturated carbocycles. The topological polar surface area (TPSA) is 63.0 Å². The smallest absolute Gasteiger partial charge is 0.289 e. The molecule has 0 spiro atoms. The largest absolute Gasteiger partial charge is 0.497 e. The number of ether oxygens (including phenoxy) is 1. The third kappa shape index (κ3) is 4.72. The van der Waals surface area contributed by atoms with E-state index < -0.39 is 10.8 Å². The molecule has 4 rings (SSSR count). The van der Waals surface area contributed by atoms with Gasteiger partial charge < -0.3 is 19.0 Å². The molecule has 1 fully saturated rings. The van der Waals surface area contributed by atoms with E-state index in [1.165, 1.54) is 16.8 Å². The summed E-state index contributed by atoms with van der Waals surface area (Å²) in [6.07, 6.45) is 0. The number of carbonyl (C=O) groups is 1. The van der Waals surface area contributed by atoms with Crippen LogP contribution in [0, 0.1) is 13.8 Å². The van der Waals surface area contributed by atoms with Gasteiger partial charge in [0.05, 0.1) is 23.7 Å². The van der Waals surface area contributed by atoms with Crippen LogP contribution in [0.3, 0.4) is 0 Å². The molecule has 0 radical (unpaired) electrons. The summed E-state index contributed by atoms with van der Waals surface area (Å²) in [7, 11) is 0.334. The minimum atomic E-state index is -1.26. The molecule has 0 N–H and O–H groups in total. The summed E-state index contributed by atoms with van der Waals surface area (Å²) in [6, 6.07) is 16.9. The summed E-state index contributed by atoms with van der Waals surface area (Å²) in [4.78, 5) is 17.8. The summed E-state index contributed by atoms with van der Waals surface area (Å²) in [5, 5.41) is 0. The molecule has 3 aromatic rings. The second-order valence-electron chi connectivity index (χ2n) is 7.93. The predicted octanol–water partition coefficient (Wildman–Crippen LogP) is 4.18. The quantitative estimate of drug-likeness (QED) is 0.562. The van der Waals surface area contributed by atoms with E-state index >= 15 is 0 Å². The van der Waals surface area contributed by atoms with Crippen LogP contribution in [-0.4, -0.2) is 48.3 Å². The van der Waals surface area contributed by atoms with Crippen LogP contribution in [0.25, 0.3) is 0 Å². The monoisotopic (exact) mass is 452 g/mol. The van der Waals surface area contributed by atoms with Crippen molar-refractivity contribution in [3.05, 3.63) is 77.2 Å². The maximum Gasteiger partial charge on any atom is 0.289 e. The van der Waals surface area contributed by atoms with E-state index in [0.717, 1.165) is 13.1 Å². The van der Waals surface area contributed by atoms with Crippen LogP contribution in [0.4, 0.5) is 5.69 Å². The average molecular weight is 453 g/mol. The molecule has 1 aliphatic rings. The average Bonchev–Trinajstić information content (AvgIpc) is 3.29. The van der Waals surface area contributed by atoms with Gasteiger partial charge in [-0.2, -0.15) is 0 Å². The molecule has 1 aromatic heterocycles. The zero-order valence-electron chi connectivity index (χ0n) is 18.7. The Morgan fingerprint density at radius 1 is 1.00 bits per heavy atom. The van der Waals surface area contributed by atoms with Crippen molar-refractivity contribution in [1.29, 1.82) is 0 Å². The highest BCUT2D eigenvalue weighted by Crippen LogP contribution is 2.25. The minimum absolute atomic E-state index is 0.118. The summed E-state index contributed by atoms with van der Waals surface area (Å²) in [5.74, 6) is 1.66. The highest BCUT2D eigenvalue weighted by atomic mass is 32.2. The van der Waals surface area contributed by atoms with Gasteiger partial charge in [-0.25, -0.2) is 0 Å². The second-order valence-corrected chi connectivity index (χ2v) is 9.38. The second kappa shape index (κ2) is 9.61. The fourth-order valence-corrected chi connectivity index (χ4v) is 4.91. The van der Waals surface area contributed by atoms with Crippen molar-refractivity contribution in [2.24, 2.45) is 0 Å². The van der Waals surface area contributed by atoms with Crippen LogP contribution in [0.15, 0.2) is 63.9 Å². The van der Waals surface area contributed by atoms with E-state index in [-0.39, 0.29) is 11.7 Å². The molecule has 1 atom stereocenters. The highest BCUT2D eigenvalue weighted by Gasteiger charge is 2.25. The van der Waals surface area contributed by atoms with Crippen LogP contribution in [0.5, 0.6) is 5.75 Å². The van der Waals surface area contributed by atoms with E-state index in [1.807, 2.05) is 4.90 Å². The van der Waals surface area contributed by atoms with Gasteiger partial charge in [0, 0.05) is 36.8 Å². The van der Waals surface area contributed by atoms with Crippen molar-refractivity contribution < 1.29 is 18.2 Å². The van der Waals surface area contributed by atoms with E-state index in [2.05, 4.69) is 36.9 Å². The maximum absolute atomic E-state index is 12.9. The first-order valence-electron chi connectivity index (χ1n) is 10.7. The summed E-state index contributed by atoms with van der Waals surface area (Å²) in [6.45, 7) is 7.10. The number of piperazine rings is 1. The fourth-order valence-electron chi connectivity index (χ4n) is 3.89. The third-order valence-corrected chi connectivity index (χ3v) is 7.30. The van der Waals surface area contributed by atoms with Gasteiger partial charge in [0.15, 0.2) is 5.76 Å². The van der Waals surface area contributed by atoms with E-state index in [1.54, 1.807) is 43.5 Å². The lowest BCUT2D eigenvalue weighted by Gasteiger charge is -2.36. The van der Waals surface area contributed by atoms with Gasteiger partial charge in [0.2, 0.25) is 0 Å². The Balaban J connectivity index is 1.35. The van der Waals surface area contributed by atoms with Gasteiger partial charge in [-0.05, 0) is 67.4 Å². The minimum Gasteiger partial charge on any atom is -0.497 e. The first-order valence-corrected chi connectivity index (χ1v) is 12.0. The van der Waals surface area contributed by atoms with E-state index in [4.69, 9.17) is 9.15 Å². The fraction of sp³-hybridized carbons (Fsp3) is 0.320. The zero-order chi connectivity index (χ0) is 22.7. The van der Waals surface area contributed by atoms with Gasteiger partial charge in [-0.3, -0.25) is 9.00 Å². The number of carbonyl (C=O) groups excluding carboxylic acids is 1. The molecule has 1 aliphatic heterocycles. The molecule has 6 nitrogen and oxygen atoms in total. The number of hydrogen-bond donors (Lipinski definition) is 0. The Kier molecular flexibility index (Phi) is 6.65. The van der Waals surface area contributed by atoms with Crippen molar-refractivity contribution in [2.75, 3.05) is 38.2 Å². The van der Waals surface area contributed by atoms with Crippen molar-refractivity contribution in [3.63, 3.8) is 0 Å². The molecule has 2 aromatic carbocycles. The lowest BCUT2D eigenvalue weighted by molar-refractivity contribution is 0.0713. The Labute approximate surface area is 191 Å². The normalized spacial score (nSPS) is 15.0. The Morgan fingerprint density at radius 3 is 2.41 bits per heavy atom. The van der Waals surface area contributed by atoms with Crippen LogP contribution < -0.4 is 9.64 Å². The molecule has 168 valence electrons. The number of rotatable bonds is 6. The lowest BCUT2D eigenvalue weighted by atomic mass is 10.1. The Bertz CT molecular complexity index is 1120. The summed E-state index contributed by atoms with van der Waals surface area (Å²) in [5.41, 5.74) is 3.79. The summed E-state index contributed by atoms with van der Waals surface area (Å²) >= 11 is 0. The van der Waals surface area contributed by atoms with Crippen LogP contribution in [-0.2, 0) is 16.6 Å². The molecule has 0 aliphatic carbocycles. The first-order chi connectivity index (χ1) is 15.5. The van der Waals surface area contributed by atoms with Gasteiger partial charge in [0.25, 0.3) is 5.91 Å². The van der Waals surface area contributed by atoms with Crippen LogP contribution >= 0.6 is 0 Å². The Hall–Kier alpha value is -3.06. The van der Waals surface area contributed by atoms with Gasteiger partial charge >= 0.3 is 0 Å².